The van der Waals surface area contributed by atoms with Gasteiger partial charge in [-0.15, -0.1) is 11.3 Å². The molecule has 122 valence electrons. The third kappa shape index (κ3) is 4.29. The Morgan fingerprint density at radius 2 is 2.23 bits per heavy atom. The fourth-order valence-corrected chi connectivity index (χ4v) is 3.65. The van der Waals surface area contributed by atoms with Crippen LogP contribution in [0.4, 0.5) is 0 Å². The number of aryl methyl sites for hydroxylation is 3. The number of piperidine rings is 1. The number of carbonyl (C=O) groups excluding carboxylic acids is 2. The molecule has 0 aromatic carbocycles. The van der Waals surface area contributed by atoms with Gasteiger partial charge in [0.15, 0.2) is 0 Å². The summed E-state index contributed by atoms with van der Waals surface area (Å²) in [6.07, 6.45) is 2.97. The highest BCUT2D eigenvalue weighted by molar-refractivity contribution is 7.11. The maximum atomic E-state index is 12.2. The van der Waals surface area contributed by atoms with E-state index in [0.29, 0.717) is 32.5 Å². The van der Waals surface area contributed by atoms with Crippen LogP contribution in [0.25, 0.3) is 0 Å². The number of aromatic nitrogens is 1. The van der Waals surface area contributed by atoms with Gasteiger partial charge < -0.3 is 10.2 Å². The number of hydrogen-bond acceptors (Lipinski definition) is 4. The highest BCUT2D eigenvalue weighted by atomic mass is 32.1. The lowest BCUT2D eigenvalue weighted by atomic mass is 9.96. The summed E-state index contributed by atoms with van der Waals surface area (Å²) in [5, 5.41) is 4.15. The van der Waals surface area contributed by atoms with Crippen molar-refractivity contribution in [1.29, 1.82) is 0 Å². The fourth-order valence-electron chi connectivity index (χ4n) is 2.68. The maximum Gasteiger partial charge on any atom is 0.224 e. The van der Waals surface area contributed by atoms with E-state index in [2.05, 4.69) is 17.2 Å². The van der Waals surface area contributed by atoms with Crippen LogP contribution >= 0.6 is 11.3 Å². The maximum absolute atomic E-state index is 12.2. The van der Waals surface area contributed by atoms with Crippen LogP contribution in [0.2, 0.25) is 0 Å². The molecule has 0 aliphatic carbocycles. The van der Waals surface area contributed by atoms with E-state index < -0.39 is 0 Å². The van der Waals surface area contributed by atoms with Crippen LogP contribution < -0.4 is 5.32 Å². The highest BCUT2D eigenvalue weighted by Crippen LogP contribution is 2.18. The monoisotopic (exact) mass is 323 g/mol. The molecule has 6 heteroatoms. The molecular formula is C16H25N3O2S. The third-order valence-electron chi connectivity index (χ3n) is 4.19. The van der Waals surface area contributed by atoms with Crippen LogP contribution in [0, 0.1) is 19.8 Å². The van der Waals surface area contributed by atoms with Crippen molar-refractivity contribution in [3.8, 4) is 0 Å². The summed E-state index contributed by atoms with van der Waals surface area (Å²) in [4.78, 5) is 31.4. The molecule has 1 aromatic rings. The van der Waals surface area contributed by atoms with Crippen LogP contribution in [0.1, 0.15) is 41.8 Å². The second-order valence-electron chi connectivity index (χ2n) is 5.81. The standard InChI is InChI=1S/C16H25N3O2S/c1-4-19-10-13(7-8-15(19)20)16(21)17-9-5-6-14-18-11(2)12(3)22-14/h13H,4-10H2,1-3H3,(H,17,21)/t13-/m1/s1. The Kier molecular flexibility index (Phi) is 5.94. The Labute approximate surface area is 136 Å². The van der Waals surface area contributed by atoms with Gasteiger partial charge in [0.2, 0.25) is 11.8 Å². The van der Waals surface area contributed by atoms with Crippen molar-refractivity contribution in [2.75, 3.05) is 19.6 Å². The van der Waals surface area contributed by atoms with E-state index in [9.17, 15) is 9.59 Å². The third-order valence-corrected chi connectivity index (χ3v) is 5.32. The van der Waals surface area contributed by atoms with Crippen LogP contribution in [0.15, 0.2) is 0 Å². The van der Waals surface area contributed by atoms with Crippen molar-refractivity contribution in [2.45, 2.75) is 46.5 Å². The number of hydrogen-bond donors (Lipinski definition) is 1. The zero-order chi connectivity index (χ0) is 16.1. The minimum absolute atomic E-state index is 0.0537. The van der Waals surface area contributed by atoms with Crippen molar-refractivity contribution in [3.63, 3.8) is 0 Å². The van der Waals surface area contributed by atoms with E-state index >= 15 is 0 Å². The second-order valence-corrected chi connectivity index (χ2v) is 7.10. The summed E-state index contributed by atoms with van der Waals surface area (Å²) in [7, 11) is 0. The van der Waals surface area contributed by atoms with Gasteiger partial charge in [0.25, 0.3) is 0 Å². The Balaban J connectivity index is 1.70. The van der Waals surface area contributed by atoms with E-state index in [-0.39, 0.29) is 17.7 Å². The molecule has 1 aromatic heterocycles. The Bertz CT molecular complexity index is 522. The molecule has 1 fully saturated rings. The summed E-state index contributed by atoms with van der Waals surface area (Å²) < 4.78 is 0. The minimum atomic E-state index is -0.0537. The largest absolute Gasteiger partial charge is 0.356 e. The molecule has 1 N–H and O–H groups in total. The van der Waals surface area contributed by atoms with Crippen molar-refractivity contribution in [3.05, 3.63) is 15.6 Å². The zero-order valence-electron chi connectivity index (χ0n) is 13.6. The SMILES string of the molecule is CCN1C[C@H](C(=O)NCCCc2nc(C)c(C)s2)CCC1=O. The Morgan fingerprint density at radius 3 is 2.86 bits per heavy atom. The molecule has 0 spiro atoms. The predicted molar refractivity (Wildman–Crippen MR) is 87.9 cm³/mol. The molecule has 1 saturated heterocycles. The molecule has 1 atom stereocenters. The number of rotatable bonds is 6. The summed E-state index contributed by atoms with van der Waals surface area (Å²) in [5.41, 5.74) is 1.11. The molecule has 22 heavy (non-hydrogen) atoms. The van der Waals surface area contributed by atoms with E-state index in [1.54, 1.807) is 16.2 Å². The number of likely N-dealkylation sites (tertiary alicyclic amines) is 1. The summed E-state index contributed by atoms with van der Waals surface area (Å²) in [6, 6.07) is 0. The van der Waals surface area contributed by atoms with Gasteiger partial charge in [-0.3, -0.25) is 9.59 Å². The molecule has 2 heterocycles. The lowest BCUT2D eigenvalue weighted by molar-refractivity contribution is -0.138. The lowest BCUT2D eigenvalue weighted by Gasteiger charge is -2.31. The molecule has 0 bridgehead atoms. The number of nitrogens with zero attached hydrogens (tertiary/aromatic N) is 2. The molecular weight excluding hydrogens is 298 g/mol. The lowest BCUT2D eigenvalue weighted by Crippen LogP contribution is -2.45. The summed E-state index contributed by atoms with van der Waals surface area (Å²) >= 11 is 1.74. The summed E-state index contributed by atoms with van der Waals surface area (Å²) in [5.74, 6) is 0.195. The molecule has 0 saturated carbocycles. The molecule has 5 nitrogen and oxygen atoms in total. The van der Waals surface area contributed by atoms with E-state index in [4.69, 9.17) is 0 Å². The van der Waals surface area contributed by atoms with Gasteiger partial charge >= 0.3 is 0 Å². The smallest absolute Gasteiger partial charge is 0.224 e. The molecule has 1 aliphatic heterocycles. The van der Waals surface area contributed by atoms with Gasteiger partial charge in [-0.1, -0.05) is 0 Å². The van der Waals surface area contributed by atoms with Crippen LogP contribution in [0.3, 0.4) is 0 Å². The van der Waals surface area contributed by atoms with Crippen molar-refractivity contribution in [1.82, 2.24) is 15.2 Å². The first kappa shape index (κ1) is 16.9. The van der Waals surface area contributed by atoms with E-state index in [1.807, 2.05) is 13.8 Å². The van der Waals surface area contributed by atoms with Crippen molar-refractivity contribution >= 4 is 23.2 Å². The van der Waals surface area contributed by atoms with Crippen molar-refractivity contribution < 1.29 is 9.59 Å². The zero-order valence-corrected chi connectivity index (χ0v) is 14.5. The van der Waals surface area contributed by atoms with E-state index in [0.717, 1.165) is 23.5 Å². The topological polar surface area (TPSA) is 62.3 Å². The Hall–Kier alpha value is -1.43. The van der Waals surface area contributed by atoms with Gasteiger partial charge in [-0.05, 0) is 33.6 Å². The first-order chi connectivity index (χ1) is 10.5. The first-order valence-electron chi connectivity index (χ1n) is 7.99. The van der Waals surface area contributed by atoms with Gasteiger partial charge in [-0.2, -0.15) is 0 Å². The number of nitrogens with one attached hydrogen (secondary N) is 1. The number of amides is 2. The van der Waals surface area contributed by atoms with Crippen LogP contribution in [0.5, 0.6) is 0 Å². The average molecular weight is 323 g/mol. The first-order valence-corrected chi connectivity index (χ1v) is 8.81. The average Bonchev–Trinajstić information content (AvgIpc) is 2.82. The molecule has 0 unspecified atom stereocenters. The molecule has 0 radical (unpaired) electrons. The van der Waals surface area contributed by atoms with Crippen LogP contribution in [-0.4, -0.2) is 41.3 Å². The number of thiazole rings is 1. The van der Waals surface area contributed by atoms with E-state index in [1.165, 1.54) is 4.88 Å². The molecule has 1 aliphatic rings. The fraction of sp³-hybridized carbons (Fsp3) is 0.688. The van der Waals surface area contributed by atoms with Gasteiger partial charge in [0, 0.05) is 37.4 Å². The normalized spacial score (nSPS) is 18.6. The second kappa shape index (κ2) is 7.72. The molecule has 2 rings (SSSR count). The minimum Gasteiger partial charge on any atom is -0.356 e. The number of carbonyl (C=O) groups is 2. The molecule has 2 amide bonds. The quantitative estimate of drug-likeness (QED) is 0.815. The van der Waals surface area contributed by atoms with Gasteiger partial charge in [0.05, 0.1) is 16.6 Å². The van der Waals surface area contributed by atoms with Gasteiger partial charge in [-0.25, -0.2) is 4.98 Å². The van der Waals surface area contributed by atoms with Gasteiger partial charge in [0.1, 0.15) is 0 Å². The predicted octanol–water partition coefficient (Wildman–Crippen LogP) is 2.07. The Morgan fingerprint density at radius 1 is 1.45 bits per heavy atom. The summed E-state index contributed by atoms with van der Waals surface area (Å²) in [6.45, 7) is 7.99. The van der Waals surface area contributed by atoms with Crippen molar-refractivity contribution in [2.24, 2.45) is 5.92 Å². The van der Waals surface area contributed by atoms with Crippen LogP contribution in [-0.2, 0) is 16.0 Å². The highest BCUT2D eigenvalue weighted by Gasteiger charge is 2.28.